The summed E-state index contributed by atoms with van der Waals surface area (Å²) < 4.78 is 0. The standard InChI is InChI=1S/C14H31N3/c1-5-14(6-2)15-8-9-16-10-11-17(7-3)13(4)12-16/h13-15H,5-12H2,1-4H3. The average Bonchev–Trinajstić information content (AvgIpc) is 2.35. The van der Waals surface area contributed by atoms with Gasteiger partial charge in [-0.2, -0.15) is 0 Å². The van der Waals surface area contributed by atoms with Gasteiger partial charge in [-0.25, -0.2) is 0 Å². The molecule has 3 nitrogen and oxygen atoms in total. The number of nitrogens with one attached hydrogen (secondary N) is 1. The molecule has 0 radical (unpaired) electrons. The largest absolute Gasteiger partial charge is 0.313 e. The summed E-state index contributed by atoms with van der Waals surface area (Å²) >= 11 is 0. The Balaban J connectivity index is 2.16. The van der Waals surface area contributed by atoms with E-state index in [-0.39, 0.29) is 0 Å². The highest BCUT2D eigenvalue weighted by atomic mass is 15.3. The highest BCUT2D eigenvalue weighted by Gasteiger charge is 2.21. The third-order valence-corrected chi connectivity index (χ3v) is 4.10. The van der Waals surface area contributed by atoms with Gasteiger partial charge in [-0.15, -0.1) is 0 Å². The minimum absolute atomic E-state index is 0.712. The smallest absolute Gasteiger partial charge is 0.0195 e. The van der Waals surface area contributed by atoms with Crippen LogP contribution in [0.3, 0.4) is 0 Å². The molecule has 0 spiro atoms. The van der Waals surface area contributed by atoms with E-state index in [1.807, 2.05) is 0 Å². The van der Waals surface area contributed by atoms with Crippen molar-refractivity contribution in [3.05, 3.63) is 0 Å². The molecule has 0 aromatic heterocycles. The van der Waals surface area contributed by atoms with Crippen LogP contribution >= 0.6 is 0 Å². The van der Waals surface area contributed by atoms with Gasteiger partial charge in [0.05, 0.1) is 0 Å². The van der Waals surface area contributed by atoms with Gasteiger partial charge in [0, 0.05) is 44.8 Å². The van der Waals surface area contributed by atoms with E-state index in [2.05, 4.69) is 42.8 Å². The summed E-state index contributed by atoms with van der Waals surface area (Å²) in [6.45, 7) is 16.4. The van der Waals surface area contributed by atoms with Crippen LogP contribution in [-0.2, 0) is 0 Å². The Labute approximate surface area is 108 Å². The summed E-state index contributed by atoms with van der Waals surface area (Å²) in [6, 6.07) is 1.44. The van der Waals surface area contributed by atoms with E-state index >= 15 is 0 Å². The highest BCUT2D eigenvalue weighted by Crippen LogP contribution is 2.08. The van der Waals surface area contributed by atoms with Crippen molar-refractivity contribution in [2.24, 2.45) is 0 Å². The number of piperazine rings is 1. The molecule has 1 rings (SSSR count). The lowest BCUT2D eigenvalue weighted by Gasteiger charge is -2.39. The monoisotopic (exact) mass is 241 g/mol. The minimum Gasteiger partial charge on any atom is -0.313 e. The molecular formula is C14H31N3. The Hall–Kier alpha value is -0.120. The summed E-state index contributed by atoms with van der Waals surface area (Å²) in [4.78, 5) is 5.18. The first-order valence-corrected chi connectivity index (χ1v) is 7.40. The van der Waals surface area contributed by atoms with E-state index in [0.29, 0.717) is 6.04 Å². The molecule has 1 aliphatic heterocycles. The van der Waals surface area contributed by atoms with Gasteiger partial charge in [-0.3, -0.25) is 9.80 Å². The molecule has 1 aliphatic rings. The van der Waals surface area contributed by atoms with Crippen LogP contribution in [0.2, 0.25) is 0 Å². The van der Waals surface area contributed by atoms with E-state index in [1.54, 1.807) is 0 Å². The van der Waals surface area contributed by atoms with Crippen molar-refractivity contribution in [2.75, 3.05) is 39.3 Å². The van der Waals surface area contributed by atoms with Gasteiger partial charge in [0.2, 0.25) is 0 Å². The Bertz CT molecular complexity index is 192. The first-order chi connectivity index (χ1) is 8.21. The molecule has 3 heteroatoms. The Morgan fingerprint density at radius 1 is 1.18 bits per heavy atom. The first kappa shape index (κ1) is 14.9. The van der Waals surface area contributed by atoms with Gasteiger partial charge in [0.15, 0.2) is 0 Å². The van der Waals surface area contributed by atoms with E-state index < -0.39 is 0 Å². The van der Waals surface area contributed by atoms with Gasteiger partial charge in [-0.1, -0.05) is 20.8 Å². The van der Waals surface area contributed by atoms with Crippen LogP contribution in [0.1, 0.15) is 40.5 Å². The molecule has 0 aromatic rings. The SMILES string of the molecule is CCC(CC)NCCN1CCN(CC)C(C)C1. The van der Waals surface area contributed by atoms with Crippen molar-refractivity contribution in [3.63, 3.8) is 0 Å². The van der Waals surface area contributed by atoms with Gasteiger partial charge in [-0.05, 0) is 26.3 Å². The van der Waals surface area contributed by atoms with Crippen molar-refractivity contribution in [3.8, 4) is 0 Å². The first-order valence-electron chi connectivity index (χ1n) is 7.40. The summed E-state index contributed by atoms with van der Waals surface area (Å²) in [7, 11) is 0. The molecule has 102 valence electrons. The maximum Gasteiger partial charge on any atom is 0.0195 e. The second-order valence-corrected chi connectivity index (χ2v) is 5.25. The van der Waals surface area contributed by atoms with E-state index in [9.17, 15) is 0 Å². The topological polar surface area (TPSA) is 18.5 Å². The second-order valence-electron chi connectivity index (χ2n) is 5.25. The lowest BCUT2D eigenvalue weighted by Crippen LogP contribution is -2.53. The average molecular weight is 241 g/mol. The molecule has 0 aromatic carbocycles. The Kier molecular flexibility index (Phi) is 7.09. The zero-order valence-corrected chi connectivity index (χ0v) is 12.2. The number of likely N-dealkylation sites (N-methyl/N-ethyl adjacent to an activating group) is 1. The van der Waals surface area contributed by atoms with Crippen molar-refractivity contribution in [1.82, 2.24) is 15.1 Å². The molecule has 1 saturated heterocycles. The lowest BCUT2D eigenvalue weighted by molar-refractivity contribution is 0.0881. The van der Waals surface area contributed by atoms with Gasteiger partial charge in [0.25, 0.3) is 0 Å². The van der Waals surface area contributed by atoms with Crippen LogP contribution in [0, 0.1) is 0 Å². The fourth-order valence-corrected chi connectivity index (χ4v) is 2.75. The van der Waals surface area contributed by atoms with Crippen molar-refractivity contribution >= 4 is 0 Å². The van der Waals surface area contributed by atoms with E-state index in [1.165, 1.54) is 45.6 Å². The van der Waals surface area contributed by atoms with Crippen molar-refractivity contribution in [1.29, 1.82) is 0 Å². The molecule has 1 unspecified atom stereocenters. The quantitative estimate of drug-likeness (QED) is 0.733. The molecule has 1 atom stereocenters. The predicted molar refractivity (Wildman–Crippen MR) is 75.5 cm³/mol. The lowest BCUT2D eigenvalue weighted by atomic mass is 10.1. The van der Waals surface area contributed by atoms with Gasteiger partial charge >= 0.3 is 0 Å². The number of rotatable bonds is 7. The van der Waals surface area contributed by atoms with Crippen LogP contribution in [0.25, 0.3) is 0 Å². The molecule has 17 heavy (non-hydrogen) atoms. The van der Waals surface area contributed by atoms with E-state index in [0.717, 1.165) is 12.6 Å². The summed E-state index contributed by atoms with van der Waals surface area (Å²) in [5, 5.41) is 3.65. The molecule has 1 N–H and O–H groups in total. The molecule has 0 aliphatic carbocycles. The van der Waals surface area contributed by atoms with Crippen molar-refractivity contribution in [2.45, 2.75) is 52.6 Å². The molecule has 1 fully saturated rings. The molecule has 0 saturated carbocycles. The normalized spacial score (nSPS) is 23.5. The Morgan fingerprint density at radius 2 is 1.88 bits per heavy atom. The zero-order chi connectivity index (χ0) is 12.7. The van der Waals surface area contributed by atoms with Crippen LogP contribution in [0.4, 0.5) is 0 Å². The maximum absolute atomic E-state index is 3.65. The molecule has 1 heterocycles. The van der Waals surface area contributed by atoms with Crippen LogP contribution in [0.15, 0.2) is 0 Å². The minimum atomic E-state index is 0.712. The van der Waals surface area contributed by atoms with Crippen LogP contribution < -0.4 is 5.32 Å². The van der Waals surface area contributed by atoms with Gasteiger partial charge < -0.3 is 5.32 Å². The summed E-state index contributed by atoms with van der Waals surface area (Å²) in [5.74, 6) is 0. The molecule has 0 amide bonds. The van der Waals surface area contributed by atoms with Crippen molar-refractivity contribution < 1.29 is 0 Å². The van der Waals surface area contributed by atoms with Gasteiger partial charge in [0.1, 0.15) is 0 Å². The Morgan fingerprint density at radius 3 is 2.41 bits per heavy atom. The van der Waals surface area contributed by atoms with E-state index in [4.69, 9.17) is 0 Å². The molecular weight excluding hydrogens is 210 g/mol. The zero-order valence-electron chi connectivity index (χ0n) is 12.2. The van der Waals surface area contributed by atoms with Crippen LogP contribution in [0.5, 0.6) is 0 Å². The third kappa shape index (κ3) is 4.94. The fourth-order valence-electron chi connectivity index (χ4n) is 2.75. The van der Waals surface area contributed by atoms with Crippen LogP contribution in [-0.4, -0.2) is 61.2 Å². The number of nitrogens with zero attached hydrogens (tertiary/aromatic N) is 2. The summed E-state index contributed by atoms with van der Waals surface area (Å²) in [6.07, 6.45) is 2.49. The third-order valence-electron chi connectivity index (χ3n) is 4.10. The fraction of sp³-hybridized carbons (Fsp3) is 1.00. The molecule has 0 bridgehead atoms. The predicted octanol–water partition coefficient (Wildman–Crippen LogP) is 1.79. The number of hydrogen-bond acceptors (Lipinski definition) is 3. The second kappa shape index (κ2) is 8.06. The number of hydrogen-bond donors (Lipinski definition) is 1. The maximum atomic E-state index is 3.65. The summed E-state index contributed by atoms with van der Waals surface area (Å²) in [5.41, 5.74) is 0. The highest BCUT2D eigenvalue weighted by molar-refractivity contribution is 4.78.